The van der Waals surface area contributed by atoms with Gasteiger partial charge in [-0.15, -0.1) is 0 Å². The largest absolute Gasteiger partial charge is 0.441 e. The third kappa shape index (κ3) is 5.36. The van der Waals surface area contributed by atoms with E-state index in [2.05, 4.69) is 0 Å². The van der Waals surface area contributed by atoms with E-state index in [4.69, 9.17) is 4.74 Å². The lowest BCUT2D eigenvalue weighted by molar-refractivity contribution is -0.130. The van der Waals surface area contributed by atoms with Gasteiger partial charge in [-0.2, -0.15) is 4.31 Å². The number of nitrogens with zero attached hydrogens (tertiary/aromatic N) is 3. The van der Waals surface area contributed by atoms with Crippen LogP contribution in [-0.4, -0.2) is 72.3 Å². The van der Waals surface area contributed by atoms with Crippen LogP contribution in [0.5, 0.6) is 0 Å². The zero-order chi connectivity index (χ0) is 27.9. The number of sulfonamides is 1. The highest BCUT2D eigenvalue weighted by molar-refractivity contribution is 7.89. The molecule has 0 aromatic heterocycles. The second-order valence-electron chi connectivity index (χ2n) is 10.4. The molecule has 0 spiro atoms. The Hall–Kier alpha value is -3.12. The molecule has 1 saturated carbocycles. The van der Waals surface area contributed by atoms with Crippen LogP contribution in [0.25, 0.3) is 0 Å². The summed E-state index contributed by atoms with van der Waals surface area (Å²) in [6.07, 6.45) is 1.47. The molecule has 8 nitrogen and oxygen atoms in total. The number of hydrogen-bond donors (Lipinski definition) is 0. The quantitative estimate of drug-likeness (QED) is 0.542. The minimum atomic E-state index is -4.57. The van der Waals surface area contributed by atoms with E-state index in [9.17, 15) is 31.2 Å². The van der Waals surface area contributed by atoms with Crippen LogP contribution >= 0.6 is 0 Å². The van der Waals surface area contributed by atoms with Crippen LogP contribution in [0.1, 0.15) is 50.6 Å². The molecule has 2 heterocycles. The molecule has 1 aliphatic carbocycles. The van der Waals surface area contributed by atoms with Gasteiger partial charge in [0.05, 0.1) is 12.1 Å². The van der Waals surface area contributed by atoms with Crippen molar-refractivity contribution in [3.05, 3.63) is 65.5 Å². The lowest BCUT2D eigenvalue weighted by atomic mass is 9.90. The topological polar surface area (TPSA) is 87.2 Å². The predicted octanol–water partition coefficient (Wildman–Crippen LogP) is 4.22. The average Bonchev–Trinajstić information content (AvgIpc) is 3.68. The third-order valence-corrected chi connectivity index (χ3v) is 9.83. The van der Waals surface area contributed by atoms with Crippen molar-refractivity contribution >= 4 is 22.0 Å². The van der Waals surface area contributed by atoms with Gasteiger partial charge in [-0.3, -0.25) is 4.79 Å². The molecule has 12 heteroatoms. The van der Waals surface area contributed by atoms with E-state index >= 15 is 0 Å². The van der Waals surface area contributed by atoms with Gasteiger partial charge >= 0.3 is 6.09 Å². The smallest absolute Gasteiger partial charge is 0.410 e. The molecular weight excluding hydrogens is 535 g/mol. The molecule has 2 aliphatic heterocycles. The van der Waals surface area contributed by atoms with Gasteiger partial charge in [-0.05, 0) is 61.9 Å². The summed E-state index contributed by atoms with van der Waals surface area (Å²) in [4.78, 5) is 27.2. The van der Waals surface area contributed by atoms with Crippen molar-refractivity contribution in [2.24, 2.45) is 0 Å². The van der Waals surface area contributed by atoms with E-state index in [0.717, 1.165) is 16.4 Å². The van der Waals surface area contributed by atoms with Gasteiger partial charge in [0.2, 0.25) is 15.9 Å². The molecule has 2 aromatic rings. The molecule has 5 rings (SSSR count). The minimum absolute atomic E-state index is 0.0823. The highest BCUT2D eigenvalue weighted by atomic mass is 32.2. The van der Waals surface area contributed by atoms with E-state index < -0.39 is 56.1 Å². The summed E-state index contributed by atoms with van der Waals surface area (Å²) >= 11 is 0. The van der Waals surface area contributed by atoms with Gasteiger partial charge in [-0.1, -0.05) is 12.1 Å². The second kappa shape index (κ2) is 10.5. The number of carbonyl (C=O) groups excluding carboxylic acids is 2. The van der Waals surface area contributed by atoms with E-state index in [1.165, 1.54) is 30.0 Å². The summed E-state index contributed by atoms with van der Waals surface area (Å²) in [5, 5.41) is 0. The summed E-state index contributed by atoms with van der Waals surface area (Å²) < 4.78 is 77.9. The van der Waals surface area contributed by atoms with Crippen molar-refractivity contribution in [3.8, 4) is 0 Å². The molecule has 2 atom stereocenters. The number of ether oxygens (including phenoxy) is 1. The number of benzene rings is 2. The molecule has 2 aromatic carbocycles. The highest BCUT2D eigenvalue weighted by Gasteiger charge is 2.60. The van der Waals surface area contributed by atoms with Crippen molar-refractivity contribution in [3.63, 3.8) is 0 Å². The predicted molar refractivity (Wildman–Crippen MR) is 134 cm³/mol. The Bertz CT molecular complexity index is 1380. The summed E-state index contributed by atoms with van der Waals surface area (Å²) in [5.41, 5.74) is -0.738. The average molecular weight is 566 g/mol. The van der Waals surface area contributed by atoms with Crippen LogP contribution in [0.2, 0.25) is 0 Å². The Morgan fingerprint density at radius 2 is 1.59 bits per heavy atom. The van der Waals surface area contributed by atoms with Crippen LogP contribution in [0.15, 0.2) is 47.4 Å². The maximum Gasteiger partial charge on any atom is 0.410 e. The van der Waals surface area contributed by atoms with E-state index in [1.54, 1.807) is 11.0 Å². The first-order valence-electron chi connectivity index (χ1n) is 13.0. The lowest BCUT2D eigenvalue weighted by Gasteiger charge is -2.45. The number of halogens is 3. The second-order valence-corrected chi connectivity index (χ2v) is 12.2. The molecule has 2 saturated heterocycles. The van der Waals surface area contributed by atoms with Gasteiger partial charge in [0, 0.05) is 39.2 Å². The Morgan fingerprint density at radius 1 is 0.923 bits per heavy atom. The van der Waals surface area contributed by atoms with Crippen LogP contribution in [-0.2, 0) is 19.6 Å². The zero-order valence-electron chi connectivity index (χ0n) is 21.5. The van der Waals surface area contributed by atoms with Crippen LogP contribution in [0, 0.1) is 17.5 Å². The van der Waals surface area contributed by atoms with Crippen molar-refractivity contribution in [2.45, 2.75) is 61.6 Å². The van der Waals surface area contributed by atoms with Crippen molar-refractivity contribution in [2.75, 3.05) is 26.2 Å². The highest BCUT2D eigenvalue weighted by Crippen LogP contribution is 2.52. The molecule has 0 radical (unpaired) electrons. The Labute approximate surface area is 225 Å². The number of carbonyl (C=O) groups is 2. The first-order chi connectivity index (χ1) is 18.5. The van der Waals surface area contributed by atoms with E-state index in [1.807, 2.05) is 0 Å². The van der Waals surface area contributed by atoms with Gasteiger partial charge < -0.3 is 14.5 Å². The molecule has 0 N–H and O–H groups in total. The molecule has 0 bridgehead atoms. The Kier molecular flexibility index (Phi) is 7.36. The summed E-state index contributed by atoms with van der Waals surface area (Å²) in [6, 6.07) is 6.17. The Morgan fingerprint density at radius 3 is 2.21 bits per heavy atom. The third-order valence-electron chi connectivity index (χ3n) is 7.88. The SMILES string of the molecule is CC(=O)N1CCN(C(=O)OC2([C@H]3CCC[C@@H](c4cccc(F)c4)N3S(=O)(=O)c3ccc(F)cc3F)CC2)CC1. The molecule has 210 valence electrons. The fraction of sp³-hybridized carbons (Fsp3) is 0.481. The standard InChI is InChI=1S/C27H30F3N3O5S/c1-18(34)31-12-14-32(15-13-31)26(35)38-27(10-11-27)25-7-3-6-23(19-4-2-5-20(28)16-19)33(25)39(36,37)24-9-8-21(29)17-22(24)30/h2,4-5,8-9,16-17,23,25H,3,6-7,10-15H2,1H3/t23-,25+/m0/s1. The molecule has 39 heavy (non-hydrogen) atoms. The number of rotatable bonds is 5. The molecule has 3 fully saturated rings. The Balaban J connectivity index is 1.48. The fourth-order valence-corrected chi connectivity index (χ4v) is 7.67. The maximum atomic E-state index is 14.8. The first-order valence-corrected chi connectivity index (χ1v) is 14.4. The van der Waals surface area contributed by atoms with Crippen LogP contribution in [0.3, 0.4) is 0 Å². The molecule has 2 amide bonds. The molecule has 3 aliphatic rings. The van der Waals surface area contributed by atoms with Crippen molar-refractivity contribution in [1.29, 1.82) is 0 Å². The number of hydrogen-bond acceptors (Lipinski definition) is 5. The van der Waals surface area contributed by atoms with E-state index in [0.29, 0.717) is 56.8 Å². The summed E-state index contributed by atoms with van der Waals surface area (Å²) in [6.45, 7) is 2.77. The maximum absolute atomic E-state index is 14.8. The molecular formula is C27H30F3N3O5S. The van der Waals surface area contributed by atoms with Gasteiger partial charge in [0.15, 0.2) is 0 Å². The number of amides is 2. The monoisotopic (exact) mass is 565 g/mol. The zero-order valence-corrected chi connectivity index (χ0v) is 22.3. The van der Waals surface area contributed by atoms with Gasteiger partial charge in [0.1, 0.15) is 27.9 Å². The number of piperazine rings is 1. The summed E-state index contributed by atoms with van der Waals surface area (Å²) in [5.74, 6) is -2.78. The fourth-order valence-electron chi connectivity index (χ4n) is 5.70. The molecule has 0 unspecified atom stereocenters. The summed E-state index contributed by atoms with van der Waals surface area (Å²) in [7, 11) is -4.57. The minimum Gasteiger partial charge on any atom is -0.441 e. The van der Waals surface area contributed by atoms with Gasteiger partial charge in [-0.25, -0.2) is 26.4 Å². The van der Waals surface area contributed by atoms with Crippen molar-refractivity contribution in [1.82, 2.24) is 14.1 Å². The first kappa shape index (κ1) is 27.4. The lowest BCUT2D eigenvalue weighted by Crippen LogP contribution is -2.55. The van der Waals surface area contributed by atoms with Gasteiger partial charge in [0.25, 0.3) is 0 Å². The van der Waals surface area contributed by atoms with E-state index in [-0.39, 0.29) is 19.0 Å². The number of piperidine rings is 1. The van der Waals surface area contributed by atoms with Crippen LogP contribution in [0.4, 0.5) is 18.0 Å². The van der Waals surface area contributed by atoms with Crippen LogP contribution < -0.4 is 0 Å². The normalized spacial score (nSPS) is 23.4. The van der Waals surface area contributed by atoms with Crippen molar-refractivity contribution < 1.29 is 35.9 Å².